The predicted molar refractivity (Wildman–Crippen MR) is 108 cm³/mol. The van der Waals surface area contributed by atoms with Gasteiger partial charge in [0.05, 0.1) is 0 Å². The highest BCUT2D eigenvalue weighted by Gasteiger charge is 2.51. The van der Waals surface area contributed by atoms with Crippen LogP contribution in [0.5, 0.6) is 0 Å². The maximum Gasteiger partial charge on any atom is 0.0321 e. The molecule has 2 aliphatic rings. The summed E-state index contributed by atoms with van der Waals surface area (Å²) in [5, 5.41) is 0. The fourth-order valence-electron chi connectivity index (χ4n) is 5.13. The molecule has 3 unspecified atom stereocenters. The van der Waals surface area contributed by atoms with E-state index in [1.807, 2.05) is 0 Å². The van der Waals surface area contributed by atoms with Crippen LogP contribution >= 0.6 is 15.9 Å². The van der Waals surface area contributed by atoms with Gasteiger partial charge in [-0.3, -0.25) is 0 Å². The molecule has 3 aromatic rings. The Bertz CT molecular complexity index is 914. The third-order valence-corrected chi connectivity index (χ3v) is 7.71. The molecule has 1 heteroatoms. The number of benzene rings is 3. The molecule has 0 saturated heterocycles. The van der Waals surface area contributed by atoms with Crippen molar-refractivity contribution >= 4 is 15.9 Å². The van der Waals surface area contributed by atoms with E-state index in [1.54, 1.807) is 11.1 Å². The van der Waals surface area contributed by atoms with Gasteiger partial charge in [-0.15, -0.1) is 0 Å². The number of hydrogen-bond donors (Lipinski definition) is 0. The van der Waals surface area contributed by atoms with E-state index in [9.17, 15) is 0 Å². The van der Waals surface area contributed by atoms with E-state index < -0.39 is 0 Å². The van der Waals surface area contributed by atoms with E-state index in [2.05, 4.69) is 94.8 Å². The van der Waals surface area contributed by atoms with Crippen LogP contribution < -0.4 is 0 Å². The molecular weight excluding hydrogens is 368 g/mol. The molecule has 0 radical (unpaired) electrons. The molecule has 2 bridgehead atoms. The molecule has 3 atom stereocenters. The standard InChI is InChI=1S/C24H21Br/c25-23-21-14-18-10-5-7-13-22(18)24(23,15-17-8-2-1-3-9-17)16-19-11-4-6-12-20(19)21/h1-13,21,23H,14-16H2. The molecule has 0 fully saturated rings. The Kier molecular flexibility index (Phi) is 3.60. The molecule has 0 aliphatic heterocycles. The summed E-state index contributed by atoms with van der Waals surface area (Å²) in [5.74, 6) is 0.559. The summed E-state index contributed by atoms with van der Waals surface area (Å²) >= 11 is 4.19. The van der Waals surface area contributed by atoms with Crippen LogP contribution in [0.15, 0.2) is 78.9 Å². The average molecular weight is 389 g/mol. The first-order valence-corrected chi connectivity index (χ1v) is 10.0. The zero-order valence-electron chi connectivity index (χ0n) is 14.2. The van der Waals surface area contributed by atoms with E-state index in [4.69, 9.17) is 0 Å². The normalized spacial score (nSPS) is 26.6. The lowest BCUT2D eigenvalue weighted by Gasteiger charge is -2.51. The molecular formula is C24H21Br. The van der Waals surface area contributed by atoms with Crippen LogP contribution in [0.3, 0.4) is 0 Å². The molecule has 0 saturated carbocycles. The average Bonchev–Trinajstić information content (AvgIpc) is 2.65. The van der Waals surface area contributed by atoms with Crippen LogP contribution in [0.1, 0.15) is 33.7 Å². The summed E-state index contributed by atoms with van der Waals surface area (Å²) in [4.78, 5) is 0.477. The van der Waals surface area contributed by atoms with Crippen molar-refractivity contribution in [2.45, 2.75) is 35.4 Å². The maximum atomic E-state index is 4.19. The first-order chi connectivity index (χ1) is 12.3. The van der Waals surface area contributed by atoms with Crippen LogP contribution in [0.25, 0.3) is 0 Å². The SMILES string of the molecule is BrC1C2Cc3ccccc3C1(Cc1ccccc1)Cc1ccccc12. The van der Waals surface area contributed by atoms with Crippen molar-refractivity contribution in [2.24, 2.45) is 0 Å². The quantitative estimate of drug-likeness (QED) is 0.484. The fourth-order valence-corrected chi connectivity index (χ4v) is 6.17. The van der Waals surface area contributed by atoms with Gasteiger partial charge in [0.1, 0.15) is 0 Å². The van der Waals surface area contributed by atoms with Crippen molar-refractivity contribution in [1.29, 1.82) is 0 Å². The van der Waals surface area contributed by atoms with Crippen LogP contribution in [0.2, 0.25) is 0 Å². The molecule has 2 aliphatic carbocycles. The molecule has 0 nitrogen and oxygen atoms in total. The Labute approximate surface area is 158 Å². The van der Waals surface area contributed by atoms with Crippen molar-refractivity contribution in [1.82, 2.24) is 0 Å². The predicted octanol–water partition coefficient (Wildman–Crippen LogP) is 5.83. The van der Waals surface area contributed by atoms with Crippen LogP contribution in [-0.2, 0) is 24.7 Å². The van der Waals surface area contributed by atoms with Gasteiger partial charge >= 0.3 is 0 Å². The lowest BCUT2D eigenvalue weighted by Crippen LogP contribution is -2.50. The van der Waals surface area contributed by atoms with Gasteiger partial charge < -0.3 is 0 Å². The van der Waals surface area contributed by atoms with E-state index in [1.165, 1.54) is 16.7 Å². The zero-order valence-corrected chi connectivity index (χ0v) is 15.7. The fraction of sp³-hybridized carbons (Fsp3) is 0.250. The van der Waals surface area contributed by atoms with Crippen molar-refractivity contribution in [3.05, 3.63) is 107 Å². The van der Waals surface area contributed by atoms with Crippen LogP contribution in [0.4, 0.5) is 0 Å². The van der Waals surface area contributed by atoms with Gasteiger partial charge in [0, 0.05) is 16.2 Å². The third-order valence-electron chi connectivity index (χ3n) is 6.20. The number of fused-ring (bicyclic) bond motifs is 6. The second kappa shape index (κ2) is 5.85. The molecule has 0 spiro atoms. The summed E-state index contributed by atoms with van der Waals surface area (Å²) in [6.45, 7) is 0. The molecule has 0 heterocycles. The second-order valence-corrected chi connectivity index (χ2v) is 8.55. The van der Waals surface area contributed by atoms with Crippen molar-refractivity contribution in [3.63, 3.8) is 0 Å². The molecule has 124 valence electrons. The summed E-state index contributed by atoms with van der Waals surface area (Å²) < 4.78 is 0. The van der Waals surface area contributed by atoms with Crippen LogP contribution in [0, 0.1) is 0 Å². The first kappa shape index (κ1) is 15.4. The lowest BCUT2D eigenvalue weighted by atomic mass is 9.56. The second-order valence-electron chi connectivity index (χ2n) is 7.56. The van der Waals surface area contributed by atoms with E-state index >= 15 is 0 Å². The van der Waals surface area contributed by atoms with Gasteiger partial charge in [0.2, 0.25) is 0 Å². The summed E-state index contributed by atoms with van der Waals surface area (Å²) in [5.41, 5.74) is 7.73. The largest absolute Gasteiger partial charge is 0.0874 e. The Morgan fingerprint density at radius 3 is 2.32 bits per heavy atom. The Hall–Kier alpha value is -1.86. The summed E-state index contributed by atoms with van der Waals surface area (Å²) in [6.07, 6.45) is 3.34. The van der Waals surface area contributed by atoms with Gasteiger partial charge in [0.15, 0.2) is 0 Å². The minimum atomic E-state index is 0.134. The number of halogens is 1. The highest BCUT2D eigenvalue weighted by atomic mass is 79.9. The lowest BCUT2D eigenvalue weighted by molar-refractivity contribution is 0.321. The maximum absolute atomic E-state index is 4.19. The summed E-state index contributed by atoms with van der Waals surface area (Å²) in [6, 6.07) is 29.2. The third kappa shape index (κ3) is 2.33. The van der Waals surface area contributed by atoms with Gasteiger partial charge in [-0.05, 0) is 47.1 Å². The molecule has 0 N–H and O–H groups in total. The highest BCUT2D eigenvalue weighted by molar-refractivity contribution is 9.09. The topological polar surface area (TPSA) is 0 Å². The summed E-state index contributed by atoms with van der Waals surface area (Å²) in [7, 11) is 0. The number of alkyl halides is 1. The number of rotatable bonds is 2. The minimum Gasteiger partial charge on any atom is -0.0874 e. The number of hydrogen-bond acceptors (Lipinski definition) is 0. The van der Waals surface area contributed by atoms with E-state index in [0.717, 1.165) is 19.3 Å². The smallest absolute Gasteiger partial charge is 0.0321 e. The minimum absolute atomic E-state index is 0.134. The molecule has 0 aromatic heterocycles. The molecule has 3 aromatic carbocycles. The van der Waals surface area contributed by atoms with Crippen molar-refractivity contribution < 1.29 is 0 Å². The van der Waals surface area contributed by atoms with Gasteiger partial charge in [-0.25, -0.2) is 0 Å². The van der Waals surface area contributed by atoms with Gasteiger partial charge in [0.25, 0.3) is 0 Å². The van der Waals surface area contributed by atoms with E-state index in [0.29, 0.717) is 10.7 Å². The monoisotopic (exact) mass is 388 g/mol. The van der Waals surface area contributed by atoms with Gasteiger partial charge in [-0.1, -0.05) is 94.8 Å². The van der Waals surface area contributed by atoms with E-state index in [-0.39, 0.29) is 5.41 Å². The first-order valence-electron chi connectivity index (χ1n) is 9.12. The molecule has 25 heavy (non-hydrogen) atoms. The highest BCUT2D eigenvalue weighted by Crippen LogP contribution is 2.55. The Morgan fingerprint density at radius 2 is 1.48 bits per heavy atom. The molecule has 5 rings (SSSR count). The molecule has 0 amide bonds. The Morgan fingerprint density at radius 1 is 0.800 bits per heavy atom. The van der Waals surface area contributed by atoms with Gasteiger partial charge in [-0.2, -0.15) is 0 Å². The Balaban J connectivity index is 1.72. The zero-order chi connectivity index (χ0) is 16.9. The van der Waals surface area contributed by atoms with Crippen molar-refractivity contribution in [2.75, 3.05) is 0 Å². The van der Waals surface area contributed by atoms with Crippen LogP contribution in [-0.4, -0.2) is 4.83 Å². The van der Waals surface area contributed by atoms with Crippen molar-refractivity contribution in [3.8, 4) is 0 Å².